The van der Waals surface area contributed by atoms with Gasteiger partial charge in [0.2, 0.25) is 21.8 Å². The van der Waals surface area contributed by atoms with Gasteiger partial charge in [0.05, 0.1) is 11.9 Å². The fraction of sp³-hybridized carbons (Fsp3) is 0.333. The number of anilines is 1. The van der Waals surface area contributed by atoms with Crippen LogP contribution in [0.25, 0.3) is 10.8 Å². The molecule has 3 aromatic rings. The lowest BCUT2D eigenvalue weighted by Gasteiger charge is -2.32. The third-order valence-corrected chi connectivity index (χ3v) is 7.94. The van der Waals surface area contributed by atoms with Crippen molar-refractivity contribution in [1.82, 2.24) is 10.2 Å². The van der Waals surface area contributed by atoms with Gasteiger partial charge in [0.1, 0.15) is 12.6 Å². The summed E-state index contributed by atoms with van der Waals surface area (Å²) in [5, 5.41) is 5.06. The van der Waals surface area contributed by atoms with Crippen LogP contribution in [0.2, 0.25) is 10.0 Å². The highest BCUT2D eigenvalue weighted by molar-refractivity contribution is 7.92. The molecule has 37 heavy (non-hydrogen) atoms. The van der Waals surface area contributed by atoms with Gasteiger partial charge in [0.15, 0.2) is 0 Å². The van der Waals surface area contributed by atoms with Crippen molar-refractivity contribution in [2.24, 2.45) is 0 Å². The summed E-state index contributed by atoms with van der Waals surface area (Å²) in [4.78, 5) is 28.0. The van der Waals surface area contributed by atoms with E-state index in [0.717, 1.165) is 28.8 Å². The molecule has 0 aliphatic rings. The first kappa shape index (κ1) is 28.8. The Balaban J connectivity index is 2.00. The highest BCUT2D eigenvalue weighted by Crippen LogP contribution is 2.30. The van der Waals surface area contributed by atoms with Gasteiger partial charge in [-0.25, -0.2) is 8.42 Å². The second-order valence-electron chi connectivity index (χ2n) is 8.81. The van der Waals surface area contributed by atoms with E-state index in [0.29, 0.717) is 33.2 Å². The molecule has 2 amide bonds. The summed E-state index contributed by atoms with van der Waals surface area (Å²) in [6, 6.07) is 16.7. The molecule has 10 heteroatoms. The topological polar surface area (TPSA) is 86.8 Å². The van der Waals surface area contributed by atoms with Crippen molar-refractivity contribution in [3.63, 3.8) is 0 Å². The Morgan fingerprint density at radius 3 is 2.24 bits per heavy atom. The normalized spacial score (nSPS) is 12.2. The Labute approximate surface area is 228 Å². The Kier molecular flexibility index (Phi) is 9.81. The van der Waals surface area contributed by atoms with E-state index in [4.69, 9.17) is 23.2 Å². The highest BCUT2D eigenvalue weighted by Gasteiger charge is 2.31. The van der Waals surface area contributed by atoms with Crippen molar-refractivity contribution < 1.29 is 18.0 Å². The van der Waals surface area contributed by atoms with Crippen LogP contribution in [0.3, 0.4) is 0 Å². The van der Waals surface area contributed by atoms with Gasteiger partial charge in [-0.3, -0.25) is 13.9 Å². The predicted molar refractivity (Wildman–Crippen MR) is 151 cm³/mol. The van der Waals surface area contributed by atoms with E-state index in [-0.39, 0.29) is 12.5 Å². The van der Waals surface area contributed by atoms with Crippen molar-refractivity contribution in [2.45, 2.75) is 39.3 Å². The van der Waals surface area contributed by atoms with Crippen molar-refractivity contribution in [3.8, 4) is 0 Å². The van der Waals surface area contributed by atoms with Crippen LogP contribution < -0.4 is 9.62 Å². The number of hydrogen-bond acceptors (Lipinski definition) is 4. The van der Waals surface area contributed by atoms with Crippen LogP contribution in [0.5, 0.6) is 0 Å². The van der Waals surface area contributed by atoms with Gasteiger partial charge in [-0.15, -0.1) is 0 Å². The van der Waals surface area contributed by atoms with Crippen LogP contribution in [-0.4, -0.2) is 50.5 Å². The number of nitrogens with zero attached hydrogens (tertiary/aromatic N) is 2. The van der Waals surface area contributed by atoms with Crippen LogP contribution in [0.1, 0.15) is 32.3 Å². The summed E-state index contributed by atoms with van der Waals surface area (Å²) in [5.41, 5.74) is 0.855. The standard InChI is InChI=1S/C27H31Cl2N3O4S/c1-4-5-16-30-27(34)19(2)31(17-22-23(28)13-9-14-24(22)29)26(33)18-32(37(3,35)36)25-15-8-11-20-10-6-7-12-21(20)25/h6-15,19H,4-5,16-18H2,1-3H3,(H,30,34)/t19-/m1/s1. The van der Waals surface area contributed by atoms with Crippen LogP contribution in [0.4, 0.5) is 5.69 Å². The Bertz CT molecular complexity index is 1360. The van der Waals surface area contributed by atoms with E-state index in [2.05, 4.69) is 5.32 Å². The number of hydrogen-bond donors (Lipinski definition) is 1. The average Bonchev–Trinajstić information content (AvgIpc) is 2.86. The van der Waals surface area contributed by atoms with E-state index in [1.165, 1.54) is 4.90 Å². The number of sulfonamides is 1. The summed E-state index contributed by atoms with van der Waals surface area (Å²) in [7, 11) is -3.86. The molecule has 0 aliphatic carbocycles. The Morgan fingerprint density at radius 2 is 1.59 bits per heavy atom. The van der Waals surface area contributed by atoms with E-state index >= 15 is 0 Å². The molecule has 0 spiro atoms. The lowest BCUT2D eigenvalue weighted by Crippen LogP contribution is -2.51. The van der Waals surface area contributed by atoms with Crippen LogP contribution >= 0.6 is 23.2 Å². The Morgan fingerprint density at radius 1 is 0.973 bits per heavy atom. The molecular weight excluding hydrogens is 533 g/mol. The zero-order valence-electron chi connectivity index (χ0n) is 21.1. The van der Waals surface area contributed by atoms with E-state index in [9.17, 15) is 18.0 Å². The molecule has 0 radical (unpaired) electrons. The number of nitrogens with one attached hydrogen (secondary N) is 1. The van der Waals surface area contributed by atoms with E-state index in [1.54, 1.807) is 43.3 Å². The van der Waals surface area contributed by atoms with E-state index < -0.39 is 28.5 Å². The number of carbonyl (C=O) groups excluding carboxylic acids is 2. The molecule has 0 bridgehead atoms. The molecule has 0 saturated heterocycles. The number of unbranched alkanes of at least 4 members (excludes halogenated alkanes) is 1. The monoisotopic (exact) mass is 563 g/mol. The zero-order chi connectivity index (χ0) is 27.2. The number of amides is 2. The minimum atomic E-state index is -3.86. The second kappa shape index (κ2) is 12.6. The first-order valence-corrected chi connectivity index (χ1v) is 14.6. The molecule has 0 aromatic heterocycles. The second-order valence-corrected chi connectivity index (χ2v) is 11.5. The van der Waals surface area contributed by atoms with Crippen molar-refractivity contribution in [2.75, 3.05) is 23.7 Å². The molecule has 198 valence electrons. The number of benzene rings is 3. The molecule has 1 N–H and O–H groups in total. The lowest BCUT2D eigenvalue weighted by molar-refractivity contribution is -0.139. The van der Waals surface area contributed by atoms with Gasteiger partial charge in [-0.1, -0.05) is 79.0 Å². The summed E-state index contributed by atoms with van der Waals surface area (Å²) in [6.45, 7) is 3.53. The molecule has 0 saturated carbocycles. The molecule has 3 rings (SSSR count). The number of carbonyl (C=O) groups is 2. The maximum absolute atomic E-state index is 13.8. The Hall–Kier alpha value is -2.81. The molecule has 0 fully saturated rings. The van der Waals surface area contributed by atoms with Gasteiger partial charge in [0, 0.05) is 34.1 Å². The molecule has 3 aromatic carbocycles. The average molecular weight is 565 g/mol. The smallest absolute Gasteiger partial charge is 0.244 e. The van der Waals surface area contributed by atoms with Gasteiger partial charge in [-0.2, -0.15) is 0 Å². The third-order valence-electron chi connectivity index (χ3n) is 6.10. The highest BCUT2D eigenvalue weighted by atomic mass is 35.5. The summed E-state index contributed by atoms with van der Waals surface area (Å²) in [6.07, 6.45) is 2.75. The van der Waals surface area contributed by atoms with Gasteiger partial charge < -0.3 is 10.2 Å². The van der Waals surface area contributed by atoms with Crippen molar-refractivity contribution in [1.29, 1.82) is 0 Å². The first-order valence-electron chi connectivity index (χ1n) is 12.0. The minimum Gasteiger partial charge on any atom is -0.354 e. The fourth-order valence-corrected chi connectivity index (χ4v) is 5.37. The molecule has 0 unspecified atom stereocenters. The summed E-state index contributed by atoms with van der Waals surface area (Å²) < 4.78 is 26.9. The third kappa shape index (κ3) is 7.15. The lowest BCUT2D eigenvalue weighted by atomic mass is 10.1. The van der Waals surface area contributed by atoms with Crippen molar-refractivity contribution >= 4 is 61.5 Å². The van der Waals surface area contributed by atoms with Gasteiger partial charge in [0.25, 0.3) is 0 Å². The maximum atomic E-state index is 13.8. The maximum Gasteiger partial charge on any atom is 0.244 e. The number of fused-ring (bicyclic) bond motifs is 1. The number of rotatable bonds is 11. The largest absolute Gasteiger partial charge is 0.354 e. The van der Waals surface area contributed by atoms with Crippen LogP contribution in [0.15, 0.2) is 60.7 Å². The molecule has 7 nitrogen and oxygen atoms in total. The molecule has 0 aliphatic heterocycles. The molecule has 1 atom stereocenters. The van der Waals surface area contributed by atoms with E-state index in [1.807, 2.05) is 31.2 Å². The number of halogens is 2. The van der Waals surface area contributed by atoms with Gasteiger partial charge in [-0.05, 0) is 36.9 Å². The minimum absolute atomic E-state index is 0.0627. The van der Waals surface area contributed by atoms with Gasteiger partial charge >= 0.3 is 0 Å². The molecular formula is C27H31Cl2N3O4S. The summed E-state index contributed by atoms with van der Waals surface area (Å²) in [5.74, 6) is -0.909. The van der Waals surface area contributed by atoms with Crippen LogP contribution in [-0.2, 0) is 26.2 Å². The molecule has 0 heterocycles. The first-order chi connectivity index (χ1) is 17.5. The fourth-order valence-electron chi connectivity index (χ4n) is 3.99. The zero-order valence-corrected chi connectivity index (χ0v) is 23.4. The predicted octanol–water partition coefficient (Wildman–Crippen LogP) is 5.25. The SMILES string of the molecule is CCCCNC(=O)[C@@H](C)N(Cc1c(Cl)cccc1Cl)C(=O)CN(c1cccc2ccccc12)S(C)(=O)=O. The van der Waals surface area contributed by atoms with Crippen molar-refractivity contribution in [3.05, 3.63) is 76.3 Å². The quantitative estimate of drug-likeness (QED) is 0.323. The van der Waals surface area contributed by atoms with Crippen LogP contribution in [0, 0.1) is 0 Å². The summed E-state index contributed by atoms with van der Waals surface area (Å²) >= 11 is 12.8.